The number of amides is 1. The molecule has 0 aliphatic carbocycles. The van der Waals surface area contributed by atoms with Gasteiger partial charge in [-0.15, -0.1) is 0 Å². The van der Waals surface area contributed by atoms with E-state index < -0.39 is 5.69 Å². The molecule has 138 valence electrons. The first kappa shape index (κ1) is 17.0. The lowest BCUT2D eigenvalue weighted by Gasteiger charge is -2.18. The molecule has 27 heavy (non-hydrogen) atoms. The molecule has 0 bridgehead atoms. The Morgan fingerprint density at radius 1 is 1.37 bits per heavy atom. The van der Waals surface area contributed by atoms with E-state index in [0.717, 1.165) is 10.8 Å². The van der Waals surface area contributed by atoms with E-state index in [-0.39, 0.29) is 17.9 Å². The molecule has 0 spiro atoms. The van der Waals surface area contributed by atoms with E-state index in [2.05, 4.69) is 26.7 Å². The van der Waals surface area contributed by atoms with Crippen LogP contribution in [0.2, 0.25) is 0 Å². The maximum Gasteiger partial charge on any atom is 0.340 e. The number of aromatic amines is 2. The van der Waals surface area contributed by atoms with Crippen LogP contribution in [0.15, 0.2) is 47.8 Å². The van der Waals surface area contributed by atoms with Crippen LogP contribution in [0.25, 0.3) is 22.3 Å². The normalized spacial score (nSPS) is 19.4. The Kier molecular flexibility index (Phi) is 4.23. The third-order valence-corrected chi connectivity index (χ3v) is 4.74. The highest BCUT2D eigenvalue weighted by atomic mass is 16.5. The van der Waals surface area contributed by atoms with Crippen LogP contribution in [0, 0.1) is 5.92 Å². The minimum Gasteiger partial charge on any atom is -0.472 e. The number of rotatable bonds is 4. The van der Waals surface area contributed by atoms with E-state index in [1.807, 2.05) is 37.3 Å². The van der Waals surface area contributed by atoms with Crippen molar-refractivity contribution in [3.63, 3.8) is 0 Å². The van der Waals surface area contributed by atoms with Crippen molar-refractivity contribution in [3.05, 3.63) is 53.5 Å². The third kappa shape index (κ3) is 3.21. The van der Waals surface area contributed by atoms with E-state index in [0.29, 0.717) is 30.5 Å². The van der Waals surface area contributed by atoms with Crippen LogP contribution >= 0.6 is 0 Å². The zero-order chi connectivity index (χ0) is 19.0. The van der Waals surface area contributed by atoms with Gasteiger partial charge in [0.25, 0.3) is 0 Å². The Bertz CT molecular complexity index is 1070. The van der Waals surface area contributed by atoms with Crippen molar-refractivity contribution >= 4 is 16.7 Å². The average molecular weight is 365 g/mol. The quantitative estimate of drug-likeness (QED) is 0.685. The highest BCUT2D eigenvalue weighted by molar-refractivity contribution is 5.89. The van der Waals surface area contributed by atoms with E-state index in [1.165, 1.54) is 6.08 Å². The number of nitrogens with one attached hydrogen (secondary N) is 2. The first-order valence-electron chi connectivity index (χ1n) is 8.68. The third-order valence-electron chi connectivity index (χ3n) is 4.74. The topological polar surface area (TPSA) is 104 Å². The molecule has 8 heteroatoms. The number of fused-ring (bicyclic) bond motifs is 1. The van der Waals surface area contributed by atoms with Gasteiger partial charge < -0.3 is 9.64 Å². The van der Waals surface area contributed by atoms with Crippen molar-refractivity contribution in [1.29, 1.82) is 0 Å². The molecule has 2 atom stereocenters. The van der Waals surface area contributed by atoms with Crippen LogP contribution in [-0.4, -0.2) is 50.2 Å². The van der Waals surface area contributed by atoms with Crippen molar-refractivity contribution in [2.24, 2.45) is 5.92 Å². The van der Waals surface area contributed by atoms with Crippen molar-refractivity contribution in [2.45, 2.75) is 13.0 Å². The molecule has 0 saturated carbocycles. The predicted molar refractivity (Wildman–Crippen MR) is 100 cm³/mol. The second kappa shape index (κ2) is 6.71. The highest BCUT2D eigenvalue weighted by Gasteiger charge is 2.33. The molecule has 0 radical (unpaired) electrons. The summed E-state index contributed by atoms with van der Waals surface area (Å²) >= 11 is 0. The second-order valence-electron chi connectivity index (χ2n) is 6.64. The molecule has 1 saturated heterocycles. The van der Waals surface area contributed by atoms with Crippen LogP contribution in [0.5, 0.6) is 5.88 Å². The van der Waals surface area contributed by atoms with Gasteiger partial charge in [0.15, 0.2) is 5.82 Å². The maximum atomic E-state index is 11.9. The summed E-state index contributed by atoms with van der Waals surface area (Å²) in [6, 6.07) is 9.56. The summed E-state index contributed by atoms with van der Waals surface area (Å²) in [6.07, 6.45) is 1.13. The predicted octanol–water partition coefficient (Wildman–Crippen LogP) is 1.72. The number of nitrogens with zero attached hydrogens (tertiary/aromatic N) is 3. The van der Waals surface area contributed by atoms with Gasteiger partial charge in [-0.05, 0) is 23.6 Å². The van der Waals surface area contributed by atoms with Crippen LogP contribution in [-0.2, 0) is 4.79 Å². The fourth-order valence-corrected chi connectivity index (χ4v) is 3.31. The lowest BCUT2D eigenvalue weighted by atomic mass is 10.1. The summed E-state index contributed by atoms with van der Waals surface area (Å²) in [5, 5.41) is 8.08. The Hall–Kier alpha value is -3.42. The molecular formula is C19H19N5O3. The van der Waals surface area contributed by atoms with Gasteiger partial charge in [0.05, 0.1) is 6.54 Å². The highest BCUT2D eigenvalue weighted by Crippen LogP contribution is 2.30. The summed E-state index contributed by atoms with van der Waals surface area (Å²) in [5.74, 6) is 0.854. The molecule has 1 aliphatic rings. The van der Waals surface area contributed by atoms with E-state index in [1.54, 1.807) is 4.90 Å². The number of hydrogen-bond acceptors (Lipinski definition) is 5. The zero-order valence-corrected chi connectivity index (χ0v) is 14.8. The lowest BCUT2D eigenvalue weighted by Crippen LogP contribution is -2.29. The number of ether oxygens (including phenoxy) is 1. The molecule has 1 aromatic carbocycles. The van der Waals surface area contributed by atoms with Crippen LogP contribution in [0.4, 0.5) is 0 Å². The molecule has 2 aromatic heterocycles. The van der Waals surface area contributed by atoms with Crippen molar-refractivity contribution in [2.75, 3.05) is 13.1 Å². The van der Waals surface area contributed by atoms with E-state index in [9.17, 15) is 9.59 Å². The first-order chi connectivity index (χ1) is 13.0. The van der Waals surface area contributed by atoms with E-state index in [4.69, 9.17) is 4.74 Å². The minimum atomic E-state index is -0.398. The fraction of sp³-hybridized carbons (Fsp3) is 0.263. The van der Waals surface area contributed by atoms with Crippen molar-refractivity contribution in [3.8, 4) is 17.4 Å². The molecule has 8 nitrogen and oxygen atoms in total. The molecule has 4 rings (SSSR count). The number of pyridine rings is 1. The van der Waals surface area contributed by atoms with Gasteiger partial charge in [-0.25, -0.2) is 14.9 Å². The SMILES string of the molecule is C=CC(=O)N1CC(C)[C@@H](Oc2nc(-c3n[nH]c(=O)[nH]3)cc3ccccc23)C1. The Morgan fingerprint density at radius 3 is 2.93 bits per heavy atom. The van der Waals surface area contributed by atoms with Gasteiger partial charge in [0, 0.05) is 17.8 Å². The summed E-state index contributed by atoms with van der Waals surface area (Å²) in [6.45, 7) is 6.67. The fourth-order valence-electron chi connectivity index (χ4n) is 3.31. The number of carbonyl (C=O) groups is 1. The number of aromatic nitrogens is 4. The van der Waals surface area contributed by atoms with Crippen LogP contribution < -0.4 is 10.4 Å². The molecule has 1 aliphatic heterocycles. The standard InChI is InChI=1S/C19H19N5O3/c1-3-16(25)24-9-11(2)15(10-24)27-18-13-7-5-4-6-12(13)8-14(20-18)17-21-19(26)23-22-17/h3-8,11,15H,1,9-10H2,2H3,(H2,21,22,23,26)/t11?,15-/m0/s1. The van der Waals surface area contributed by atoms with Crippen LogP contribution in [0.3, 0.4) is 0 Å². The van der Waals surface area contributed by atoms with Gasteiger partial charge >= 0.3 is 5.69 Å². The Morgan fingerprint density at radius 2 is 2.19 bits per heavy atom. The van der Waals surface area contributed by atoms with Gasteiger partial charge in [0.2, 0.25) is 11.8 Å². The molecule has 3 heterocycles. The molecule has 1 unspecified atom stereocenters. The van der Waals surface area contributed by atoms with E-state index >= 15 is 0 Å². The molecular weight excluding hydrogens is 346 g/mol. The van der Waals surface area contributed by atoms with Gasteiger partial charge in [0.1, 0.15) is 11.8 Å². The number of benzene rings is 1. The molecule has 2 N–H and O–H groups in total. The largest absolute Gasteiger partial charge is 0.472 e. The second-order valence-corrected chi connectivity index (χ2v) is 6.64. The van der Waals surface area contributed by atoms with Gasteiger partial charge in [-0.3, -0.25) is 9.78 Å². The van der Waals surface area contributed by atoms with Crippen molar-refractivity contribution < 1.29 is 9.53 Å². The average Bonchev–Trinajstić information content (AvgIpc) is 3.27. The number of carbonyl (C=O) groups excluding carboxylic acids is 1. The smallest absolute Gasteiger partial charge is 0.340 e. The Balaban J connectivity index is 1.71. The lowest BCUT2D eigenvalue weighted by molar-refractivity contribution is -0.125. The molecule has 3 aromatic rings. The van der Waals surface area contributed by atoms with Crippen LogP contribution in [0.1, 0.15) is 6.92 Å². The summed E-state index contributed by atoms with van der Waals surface area (Å²) in [4.78, 5) is 32.2. The molecule has 1 amide bonds. The number of hydrogen-bond donors (Lipinski definition) is 2. The minimum absolute atomic E-state index is 0.103. The monoisotopic (exact) mass is 365 g/mol. The zero-order valence-electron chi connectivity index (χ0n) is 14.8. The Labute approximate surface area is 154 Å². The first-order valence-corrected chi connectivity index (χ1v) is 8.68. The van der Waals surface area contributed by atoms with Crippen molar-refractivity contribution in [1.82, 2.24) is 25.1 Å². The summed E-state index contributed by atoms with van der Waals surface area (Å²) in [7, 11) is 0. The molecule has 1 fully saturated rings. The van der Waals surface area contributed by atoms with Gasteiger partial charge in [-0.2, -0.15) is 5.10 Å². The summed E-state index contributed by atoms with van der Waals surface area (Å²) in [5.41, 5.74) is 0.108. The number of likely N-dealkylation sites (tertiary alicyclic amines) is 1. The summed E-state index contributed by atoms with van der Waals surface area (Å²) < 4.78 is 6.23. The maximum absolute atomic E-state index is 11.9. The van der Waals surface area contributed by atoms with Gasteiger partial charge in [-0.1, -0.05) is 31.7 Å². The number of H-pyrrole nitrogens is 2.